The van der Waals surface area contributed by atoms with Gasteiger partial charge in [-0.25, -0.2) is 8.42 Å². The summed E-state index contributed by atoms with van der Waals surface area (Å²) in [5.41, 5.74) is 4.54. The van der Waals surface area contributed by atoms with Crippen molar-refractivity contribution < 1.29 is 27.5 Å². The van der Waals surface area contributed by atoms with Crippen LogP contribution in [0.15, 0.2) is 96.9 Å². The molecule has 6 nitrogen and oxygen atoms in total. The molecule has 4 aromatic carbocycles. The Morgan fingerprint density at radius 1 is 0.789 bits per heavy atom. The molecule has 4 aromatic rings. The molecule has 1 N–H and O–H groups in total. The van der Waals surface area contributed by atoms with Crippen LogP contribution in [0.5, 0.6) is 23.0 Å². The molecule has 38 heavy (non-hydrogen) atoms. The monoisotopic (exact) mass is 541 g/mol. The van der Waals surface area contributed by atoms with Gasteiger partial charge in [0.25, 0.3) is 0 Å². The van der Waals surface area contributed by atoms with Crippen molar-refractivity contribution in [1.29, 1.82) is 0 Å². The average Bonchev–Trinajstić information content (AvgIpc) is 2.93. The topological polar surface area (TPSA) is 73.9 Å². The molecular weight excluding hydrogens is 505 g/mol. The van der Waals surface area contributed by atoms with Crippen molar-refractivity contribution >= 4 is 20.6 Å². The van der Waals surface area contributed by atoms with Crippen molar-refractivity contribution in [1.82, 2.24) is 5.48 Å². The van der Waals surface area contributed by atoms with Crippen molar-refractivity contribution in [2.45, 2.75) is 32.6 Å². The van der Waals surface area contributed by atoms with Crippen molar-refractivity contribution in [2.24, 2.45) is 0 Å². The average molecular weight is 542 g/mol. The highest BCUT2D eigenvalue weighted by Crippen LogP contribution is 2.32. The lowest BCUT2D eigenvalue weighted by Gasteiger charge is -2.11. The summed E-state index contributed by atoms with van der Waals surface area (Å²) >= 11 is 0. The predicted molar refractivity (Wildman–Crippen MR) is 154 cm³/mol. The van der Waals surface area contributed by atoms with Crippen LogP contribution >= 0.6 is 0 Å². The van der Waals surface area contributed by atoms with Gasteiger partial charge in [0.2, 0.25) is 0 Å². The van der Waals surface area contributed by atoms with E-state index in [4.69, 9.17) is 9.57 Å². The van der Waals surface area contributed by atoms with E-state index in [2.05, 4.69) is 23.6 Å². The van der Waals surface area contributed by atoms with Gasteiger partial charge in [-0.05, 0) is 66.8 Å². The Morgan fingerprint density at radius 3 is 1.84 bits per heavy atom. The van der Waals surface area contributed by atoms with Crippen LogP contribution in [-0.4, -0.2) is 21.7 Å². The fraction of sp³-hybridized carbons (Fsp3) is 0.200. The summed E-state index contributed by atoms with van der Waals surface area (Å²) < 4.78 is 40.8. The summed E-state index contributed by atoms with van der Waals surface area (Å²) in [5, 5.41) is 1.86. The van der Waals surface area contributed by atoms with Crippen LogP contribution in [0, 0.1) is 13.8 Å². The number of hydrogen-bond donors (Lipinski definition) is 1. The molecule has 0 fully saturated rings. The number of fused-ring (bicyclic) bond motifs is 1. The number of benzene rings is 4. The zero-order valence-corrected chi connectivity index (χ0v) is 23.6. The Morgan fingerprint density at radius 2 is 1.32 bits per heavy atom. The molecule has 0 unspecified atom stereocenters. The first-order chi connectivity index (χ1) is 18.2. The maximum absolute atomic E-state index is 12.3. The number of hydrogen-bond acceptors (Lipinski definition) is 6. The first kappa shape index (κ1) is 32.1. The second-order valence-electron chi connectivity index (χ2n) is 7.56. The molecule has 0 atom stereocenters. The molecule has 0 saturated carbocycles. The van der Waals surface area contributed by atoms with Gasteiger partial charge in [0.1, 0.15) is 5.75 Å². The van der Waals surface area contributed by atoms with E-state index in [1.165, 1.54) is 18.4 Å². The molecule has 0 aliphatic carbocycles. The first-order valence-electron chi connectivity index (χ1n) is 11.9. The van der Waals surface area contributed by atoms with Crippen molar-refractivity contribution in [3.05, 3.63) is 103 Å². The molecule has 0 aromatic heterocycles. The zero-order valence-electron chi connectivity index (χ0n) is 22.7. The minimum atomic E-state index is -3.20. The molecular formula is C30H36FNO5S. The van der Waals surface area contributed by atoms with E-state index in [1.54, 1.807) is 31.3 Å². The highest BCUT2D eigenvalue weighted by atomic mass is 32.2. The lowest BCUT2D eigenvalue weighted by molar-refractivity contribution is -0.00502. The maximum Gasteiger partial charge on any atom is 0.189 e. The van der Waals surface area contributed by atoms with Crippen LogP contribution < -0.4 is 20.0 Å². The van der Waals surface area contributed by atoms with E-state index in [0.29, 0.717) is 23.0 Å². The van der Waals surface area contributed by atoms with E-state index < -0.39 is 9.84 Å². The molecule has 8 heteroatoms. The normalized spacial score (nSPS) is 9.97. The Hall–Kier alpha value is -3.88. The molecule has 0 saturated heterocycles. The largest absolute Gasteiger partial charge is 0.453 e. The summed E-state index contributed by atoms with van der Waals surface area (Å²) in [6.45, 7) is 13.9. The van der Waals surface area contributed by atoms with Crippen LogP contribution in [0.1, 0.15) is 25.0 Å². The molecule has 204 valence electrons. The number of halogens is 1. The first-order valence-corrected chi connectivity index (χ1v) is 13.8. The second kappa shape index (κ2) is 16.1. The Kier molecular flexibility index (Phi) is 13.6. The van der Waals surface area contributed by atoms with Gasteiger partial charge in [-0.2, -0.15) is 5.48 Å². The van der Waals surface area contributed by atoms with Gasteiger partial charge in [-0.3, -0.25) is 4.94 Å². The molecule has 0 amide bonds. The quantitative estimate of drug-likeness (QED) is 0.197. The summed E-state index contributed by atoms with van der Waals surface area (Å²) in [6.07, 6.45) is 1.17. The molecule has 0 bridgehead atoms. The smallest absolute Gasteiger partial charge is 0.189 e. The summed E-state index contributed by atoms with van der Waals surface area (Å²) in [5.74, 6) is 1.94. The molecule has 0 aliphatic rings. The summed E-state index contributed by atoms with van der Waals surface area (Å²) in [4.78, 5) is 9.38. The van der Waals surface area contributed by atoms with Gasteiger partial charge in [0.05, 0.1) is 4.90 Å². The molecule has 0 radical (unpaired) electrons. The lowest BCUT2D eigenvalue weighted by Crippen LogP contribution is -2.11. The minimum absolute atomic E-state index is 0.254. The SMILES string of the molecule is C=C.CC.CNOc1ccccc1Oc1ccc(S(C)(=O)=O)cc1.Cc1cc(C)c2ccccc2c1OF. The molecule has 0 aliphatic heterocycles. The van der Waals surface area contributed by atoms with Crippen LogP contribution in [-0.2, 0) is 9.84 Å². The van der Waals surface area contributed by atoms with Crippen molar-refractivity contribution in [3.8, 4) is 23.0 Å². The van der Waals surface area contributed by atoms with E-state index in [9.17, 15) is 12.9 Å². The Labute approximate surface area is 225 Å². The lowest BCUT2D eigenvalue weighted by atomic mass is 10.0. The molecule has 0 spiro atoms. The highest BCUT2D eigenvalue weighted by molar-refractivity contribution is 7.90. The number of aryl methyl sites for hydroxylation is 2. The maximum atomic E-state index is 12.3. The van der Waals surface area contributed by atoms with Gasteiger partial charge >= 0.3 is 0 Å². The van der Waals surface area contributed by atoms with E-state index in [0.717, 1.165) is 21.9 Å². The number of ether oxygens (including phenoxy) is 1. The standard InChI is InChI=1S/C14H15NO4S.C12H11FO.C2H6.C2H4/c1-15-19-14-6-4-3-5-13(14)18-11-7-9-12(10-8-11)20(2,16)17;1-8-7-9(2)12(14-13)11-6-4-3-5-10(8)11;2*1-2/h3-10,15H,1-2H3;3-7H,1-2H3;1-2H3;1-2H2. The number of hydroxylamine groups is 1. The fourth-order valence-corrected chi connectivity index (χ4v) is 4.05. The highest BCUT2D eigenvalue weighted by Gasteiger charge is 2.10. The van der Waals surface area contributed by atoms with Crippen LogP contribution in [0.25, 0.3) is 10.8 Å². The van der Waals surface area contributed by atoms with Crippen LogP contribution in [0.4, 0.5) is 4.53 Å². The van der Waals surface area contributed by atoms with Gasteiger partial charge in [0, 0.05) is 23.2 Å². The van der Waals surface area contributed by atoms with Crippen LogP contribution in [0.3, 0.4) is 0 Å². The van der Waals surface area contributed by atoms with Crippen molar-refractivity contribution in [3.63, 3.8) is 0 Å². The zero-order chi connectivity index (χ0) is 28.7. The third kappa shape index (κ3) is 8.90. The Bertz CT molecular complexity index is 1390. The third-order valence-corrected chi connectivity index (χ3v) is 6.13. The third-order valence-electron chi connectivity index (χ3n) is 5.01. The number of sulfone groups is 1. The number of rotatable bonds is 6. The van der Waals surface area contributed by atoms with Gasteiger partial charge < -0.3 is 9.57 Å². The van der Waals surface area contributed by atoms with Gasteiger partial charge in [-0.15, -0.1) is 13.2 Å². The number of nitrogens with one attached hydrogen (secondary N) is 1. The van der Waals surface area contributed by atoms with Gasteiger partial charge in [-0.1, -0.05) is 56.3 Å². The van der Waals surface area contributed by atoms with E-state index in [-0.39, 0.29) is 4.90 Å². The van der Waals surface area contributed by atoms with Gasteiger partial charge in [0.15, 0.2) is 27.1 Å². The van der Waals surface area contributed by atoms with Crippen LogP contribution in [0.2, 0.25) is 0 Å². The van der Waals surface area contributed by atoms with E-state index >= 15 is 0 Å². The molecule has 0 heterocycles. The summed E-state index contributed by atoms with van der Waals surface area (Å²) in [6, 6.07) is 23.0. The van der Waals surface area contributed by atoms with Crippen molar-refractivity contribution in [2.75, 3.05) is 13.3 Å². The summed E-state index contributed by atoms with van der Waals surface area (Å²) in [7, 11) is -1.55. The Balaban J connectivity index is 0.000000351. The second-order valence-corrected chi connectivity index (χ2v) is 9.58. The number of para-hydroxylation sites is 2. The molecule has 4 rings (SSSR count). The fourth-order valence-electron chi connectivity index (χ4n) is 3.42. The predicted octanol–water partition coefficient (Wildman–Crippen LogP) is 7.94. The van der Waals surface area contributed by atoms with E-state index in [1.807, 2.05) is 70.2 Å². The minimum Gasteiger partial charge on any atom is -0.453 e.